The molecule has 2 heterocycles. The van der Waals surface area contributed by atoms with Crippen LogP contribution in [0.5, 0.6) is 0 Å². The zero-order valence-electron chi connectivity index (χ0n) is 13.4. The first-order chi connectivity index (χ1) is 11.2. The SMILES string of the molecule is COC(=O)c1cccc(Nc2cc(C)nc(N3CCCC3)n2)c1. The van der Waals surface area contributed by atoms with Gasteiger partial charge in [0.1, 0.15) is 5.82 Å². The molecule has 120 valence electrons. The van der Waals surface area contributed by atoms with E-state index in [1.807, 2.05) is 25.1 Å². The van der Waals surface area contributed by atoms with E-state index in [9.17, 15) is 4.79 Å². The average molecular weight is 312 g/mol. The Morgan fingerprint density at radius 2 is 2.00 bits per heavy atom. The molecule has 0 radical (unpaired) electrons. The first-order valence-corrected chi connectivity index (χ1v) is 7.72. The van der Waals surface area contributed by atoms with Crippen LogP contribution >= 0.6 is 0 Å². The van der Waals surface area contributed by atoms with Crippen molar-refractivity contribution in [2.45, 2.75) is 19.8 Å². The Hall–Kier alpha value is -2.63. The van der Waals surface area contributed by atoms with E-state index in [2.05, 4.69) is 20.2 Å². The van der Waals surface area contributed by atoms with E-state index < -0.39 is 0 Å². The van der Waals surface area contributed by atoms with Crippen molar-refractivity contribution in [1.29, 1.82) is 0 Å². The minimum Gasteiger partial charge on any atom is -0.465 e. The predicted molar refractivity (Wildman–Crippen MR) is 89.3 cm³/mol. The van der Waals surface area contributed by atoms with Crippen molar-refractivity contribution in [2.75, 3.05) is 30.4 Å². The Labute approximate surface area is 135 Å². The number of nitrogens with zero attached hydrogens (tertiary/aromatic N) is 3. The van der Waals surface area contributed by atoms with Gasteiger partial charge >= 0.3 is 5.97 Å². The van der Waals surface area contributed by atoms with Crippen LogP contribution in [0.3, 0.4) is 0 Å². The number of nitrogens with one attached hydrogen (secondary N) is 1. The van der Waals surface area contributed by atoms with E-state index in [-0.39, 0.29) is 5.97 Å². The summed E-state index contributed by atoms with van der Waals surface area (Å²) in [6, 6.07) is 9.06. The number of carbonyl (C=O) groups excluding carboxylic acids is 1. The lowest BCUT2D eigenvalue weighted by Crippen LogP contribution is -2.21. The molecule has 0 aliphatic carbocycles. The lowest BCUT2D eigenvalue weighted by molar-refractivity contribution is 0.0601. The smallest absolute Gasteiger partial charge is 0.337 e. The highest BCUT2D eigenvalue weighted by molar-refractivity contribution is 5.90. The van der Waals surface area contributed by atoms with E-state index in [4.69, 9.17) is 4.74 Å². The number of rotatable bonds is 4. The largest absolute Gasteiger partial charge is 0.465 e. The van der Waals surface area contributed by atoms with Crippen molar-refractivity contribution in [2.24, 2.45) is 0 Å². The normalized spacial score (nSPS) is 13.9. The molecule has 6 nitrogen and oxygen atoms in total. The molecule has 0 spiro atoms. The second-order valence-corrected chi connectivity index (χ2v) is 5.59. The van der Waals surface area contributed by atoms with Crippen LogP contribution in [0.15, 0.2) is 30.3 Å². The summed E-state index contributed by atoms with van der Waals surface area (Å²) >= 11 is 0. The predicted octanol–water partition coefficient (Wildman–Crippen LogP) is 2.92. The molecule has 3 rings (SSSR count). The molecule has 1 aliphatic rings. The van der Waals surface area contributed by atoms with Crippen molar-refractivity contribution in [3.8, 4) is 0 Å². The van der Waals surface area contributed by atoms with E-state index in [0.29, 0.717) is 5.56 Å². The zero-order chi connectivity index (χ0) is 16.2. The Kier molecular flexibility index (Phi) is 4.41. The highest BCUT2D eigenvalue weighted by Gasteiger charge is 2.16. The lowest BCUT2D eigenvalue weighted by atomic mass is 10.2. The number of benzene rings is 1. The van der Waals surface area contributed by atoms with Gasteiger partial charge in [-0.25, -0.2) is 9.78 Å². The van der Waals surface area contributed by atoms with Crippen molar-refractivity contribution < 1.29 is 9.53 Å². The Morgan fingerprint density at radius 1 is 1.22 bits per heavy atom. The number of carbonyl (C=O) groups is 1. The summed E-state index contributed by atoms with van der Waals surface area (Å²) in [7, 11) is 1.37. The fraction of sp³-hybridized carbons (Fsp3) is 0.353. The van der Waals surface area contributed by atoms with Crippen LogP contribution in [0.1, 0.15) is 28.9 Å². The van der Waals surface area contributed by atoms with Gasteiger partial charge in [-0.3, -0.25) is 0 Å². The van der Waals surface area contributed by atoms with Gasteiger partial charge in [0.2, 0.25) is 5.95 Å². The van der Waals surface area contributed by atoms with E-state index in [1.54, 1.807) is 12.1 Å². The number of methoxy groups -OCH3 is 1. The molecule has 0 bridgehead atoms. The van der Waals surface area contributed by atoms with E-state index >= 15 is 0 Å². The molecule has 1 aromatic carbocycles. The van der Waals surface area contributed by atoms with Gasteiger partial charge in [-0.15, -0.1) is 0 Å². The summed E-state index contributed by atoms with van der Waals surface area (Å²) in [5, 5.41) is 3.24. The molecule has 2 aromatic rings. The third kappa shape index (κ3) is 3.59. The number of hydrogen-bond donors (Lipinski definition) is 1. The molecule has 1 saturated heterocycles. The zero-order valence-corrected chi connectivity index (χ0v) is 13.4. The number of hydrogen-bond acceptors (Lipinski definition) is 6. The Balaban J connectivity index is 1.83. The highest BCUT2D eigenvalue weighted by Crippen LogP contribution is 2.21. The quantitative estimate of drug-likeness (QED) is 0.876. The van der Waals surface area contributed by atoms with Gasteiger partial charge in [0.05, 0.1) is 12.7 Å². The summed E-state index contributed by atoms with van der Waals surface area (Å²) in [4.78, 5) is 22.9. The summed E-state index contributed by atoms with van der Waals surface area (Å²) in [6.45, 7) is 3.96. The van der Waals surface area contributed by atoms with Gasteiger partial charge in [-0.1, -0.05) is 6.07 Å². The lowest BCUT2D eigenvalue weighted by Gasteiger charge is -2.17. The van der Waals surface area contributed by atoms with Crippen molar-refractivity contribution in [3.05, 3.63) is 41.6 Å². The Bertz CT molecular complexity index is 711. The minimum atomic E-state index is -0.356. The van der Waals surface area contributed by atoms with E-state index in [0.717, 1.165) is 36.2 Å². The van der Waals surface area contributed by atoms with Crippen LogP contribution < -0.4 is 10.2 Å². The maximum absolute atomic E-state index is 11.6. The molecule has 0 unspecified atom stereocenters. The third-order valence-corrected chi connectivity index (χ3v) is 3.79. The minimum absolute atomic E-state index is 0.356. The van der Waals surface area contributed by atoms with Crippen LogP contribution in [0.25, 0.3) is 0 Å². The van der Waals surface area contributed by atoms with Crippen molar-refractivity contribution in [1.82, 2.24) is 9.97 Å². The number of esters is 1. The van der Waals surface area contributed by atoms with Gasteiger partial charge in [0, 0.05) is 30.5 Å². The molecule has 0 amide bonds. The topological polar surface area (TPSA) is 67.3 Å². The summed E-state index contributed by atoms with van der Waals surface area (Å²) < 4.78 is 4.75. The summed E-state index contributed by atoms with van der Waals surface area (Å²) in [6.07, 6.45) is 2.36. The molecule has 1 aromatic heterocycles. The second kappa shape index (κ2) is 6.64. The molecule has 0 atom stereocenters. The van der Waals surface area contributed by atoms with Gasteiger partial charge in [-0.2, -0.15) is 4.98 Å². The summed E-state index contributed by atoms with van der Waals surface area (Å²) in [5.74, 6) is 1.13. The van der Waals surface area contributed by atoms with Crippen LogP contribution in [0, 0.1) is 6.92 Å². The standard InChI is InChI=1S/C17H20N4O2/c1-12-10-15(20-17(18-12)21-8-3-4-9-21)19-14-7-5-6-13(11-14)16(22)23-2/h5-7,10-11H,3-4,8-9H2,1-2H3,(H,18,19,20). The van der Waals surface area contributed by atoms with Crippen LogP contribution in [0.4, 0.5) is 17.5 Å². The van der Waals surface area contributed by atoms with Crippen molar-refractivity contribution >= 4 is 23.4 Å². The molecule has 23 heavy (non-hydrogen) atoms. The molecule has 1 N–H and O–H groups in total. The fourth-order valence-corrected chi connectivity index (χ4v) is 2.67. The molecular weight excluding hydrogens is 292 g/mol. The van der Waals surface area contributed by atoms with E-state index in [1.165, 1.54) is 20.0 Å². The first kappa shape index (κ1) is 15.3. The van der Waals surface area contributed by atoms with Crippen molar-refractivity contribution in [3.63, 3.8) is 0 Å². The maximum Gasteiger partial charge on any atom is 0.337 e. The van der Waals surface area contributed by atoms with Gasteiger partial charge < -0.3 is 15.0 Å². The van der Waals surface area contributed by atoms with Gasteiger partial charge in [-0.05, 0) is 38.0 Å². The maximum atomic E-state index is 11.6. The molecule has 1 aliphatic heterocycles. The number of aromatic nitrogens is 2. The molecular formula is C17H20N4O2. The average Bonchev–Trinajstić information content (AvgIpc) is 3.08. The van der Waals surface area contributed by atoms with Gasteiger partial charge in [0.15, 0.2) is 0 Å². The fourth-order valence-electron chi connectivity index (χ4n) is 2.67. The third-order valence-electron chi connectivity index (χ3n) is 3.79. The monoisotopic (exact) mass is 312 g/mol. The highest BCUT2D eigenvalue weighted by atomic mass is 16.5. The molecule has 0 saturated carbocycles. The summed E-state index contributed by atoms with van der Waals surface area (Å²) in [5.41, 5.74) is 2.20. The number of anilines is 3. The number of aryl methyl sites for hydroxylation is 1. The Morgan fingerprint density at radius 3 is 2.74 bits per heavy atom. The first-order valence-electron chi connectivity index (χ1n) is 7.72. The van der Waals surface area contributed by atoms with Crippen LogP contribution in [-0.4, -0.2) is 36.1 Å². The van der Waals surface area contributed by atoms with Gasteiger partial charge in [0.25, 0.3) is 0 Å². The van der Waals surface area contributed by atoms with Crippen LogP contribution in [-0.2, 0) is 4.74 Å². The molecule has 1 fully saturated rings. The van der Waals surface area contributed by atoms with Crippen LogP contribution in [0.2, 0.25) is 0 Å². The molecule has 6 heteroatoms. The second-order valence-electron chi connectivity index (χ2n) is 5.59. The number of ether oxygens (including phenoxy) is 1.